The molecule has 0 radical (unpaired) electrons. The number of rotatable bonds is 6. The average molecular weight is 520 g/mol. The van der Waals surface area contributed by atoms with Gasteiger partial charge in [-0.05, 0) is 55.1 Å². The van der Waals surface area contributed by atoms with Gasteiger partial charge in [-0.1, -0.05) is 32.9 Å². The van der Waals surface area contributed by atoms with Crippen LogP contribution in [0.15, 0.2) is 42.7 Å². The van der Waals surface area contributed by atoms with Gasteiger partial charge in [0, 0.05) is 73.7 Å². The Morgan fingerprint density at radius 2 is 1.87 bits per heavy atom. The van der Waals surface area contributed by atoms with E-state index < -0.39 is 11.0 Å². The summed E-state index contributed by atoms with van der Waals surface area (Å²) in [6.45, 7) is 10.4. The second kappa shape index (κ2) is 9.89. The predicted octanol–water partition coefficient (Wildman–Crippen LogP) is 4.65. The van der Waals surface area contributed by atoms with E-state index in [1.165, 1.54) is 6.07 Å². The zero-order chi connectivity index (χ0) is 27.2. The zero-order valence-electron chi connectivity index (χ0n) is 23.0. The normalized spacial score (nSPS) is 19.8. The number of carbonyl (C=O) groups excluding carboxylic acids is 1. The molecule has 2 saturated heterocycles. The number of halogens is 1. The highest BCUT2D eigenvalue weighted by Gasteiger charge is 2.55. The van der Waals surface area contributed by atoms with Gasteiger partial charge in [-0.3, -0.25) is 14.9 Å². The molecule has 2 aliphatic heterocycles. The number of pyridine rings is 1. The predicted molar refractivity (Wildman–Crippen MR) is 145 cm³/mol. The Labute approximate surface area is 224 Å². The lowest BCUT2D eigenvalue weighted by Crippen LogP contribution is -2.63. The molecule has 2 aliphatic rings. The van der Waals surface area contributed by atoms with Crippen LogP contribution >= 0.6 is 0 Å². The molecular weight excluding hydrogens is 481 g/mol. The van der Waals surface area contributed by atoms with E-state index in [1.807, 2.05) is 50.9 Å². The number of aromatic amines is 1. The van der Waals surface area contributed by atoms with Crippen LogP contribution < -0.4 is 0 Å². The number of aromatic nitrogens is 3. The van der Waals surface area contributed by atoms with Crippen molar-refractivity contribution in [3.8, 4) is 11.3 Å². The minimum Gasteiger partial charge on any atom is -0.380 e. The molecule has 0 spiro atoms. The quantitative estimate of drug-likeness (QED) is 0.495. The van der Waals surface area contributed by atoms with Crippen LogP contribution in [0.1, 0.15) is 74.8 Å². The summed E-state index contributed by atoms with van der Waals surface area (Å²) < 4.78 is 15.2. The number of benzene rings is 1. The molecule has 38 heavy (non-hydrogen) atoms. The lowest BCUT2D eigenvalue weighted by Gasteiger charge is -2.55. The van der Waals surface area contributed by atoms with Crippen molar-refractivity contribution in [2.45, 2.75) is 58.0 Å². The van der Waals surface area contributed by atoms with Crippen LogP contribution in [0.3, 0.4) is 0 Å². The lowest BCUT2D eigenvalue weighted by molar-refractivity contribution is -0.129. The number of hydrogen-bond acceptors (Lipinski definition) is 5. The maximum absolute atomic E-state index is 15.2. The molecule has 4 heterocycles. The summed E-state index contributed by atoms with van der Waals surface area (Å²) in [5, 5.41) is 20.2. The Morgan fingerprint density at radius 3 is 2.47 bits per heavy atom. The van der Waals surface area contributed by atoms with E-state index in [0.717, 1.165) is 42.9 Å². The van der Waals surface area contributed by atoms with Gasteiger partial charge in [0.05, 0.1) is 5.69 Å². The molecule has 8 heteroatoms. The summed E-state index contributed by atoms with van der Waals surface area (Å²) >= 11 is 0. The number of carbonyl (C=O) groups is 1. The van der Waals surface area contributed by atoms with E-state index in [4.69, 9.17) is 0 Å². The molecule has 1 amide bonds. The van der Waals surface area contributed by atoms with Crippen LogP contribution in [-0.4, -0.2) is 69.2 Å². The molecule has 3 aromatic rings. The van der Waals surface area contributed by atoms with Gasteiger partial charge in [-0.2, -0.15) is 5.10 Å². The second-order valence-electron chi connectivity index (χ2n) is 11.8. The molecule has 0 unspecified atom stereocenters. The highest BCUT2D eigenvalue weighted by Crippen LogP contribution is 2.50. The van der Waals surface area contributed by atoms with E-state index in [0.29, 0.717) is 35.7 Å². The fourth-order valence-electron chi connectivity index (χ4n) is 6.43. The monoisotopic (exact) mass is 519 g/mol. The maximum Gasteiger partial charge on any atom is 0.219 e. The summed E-state index contributed by atoms with van der Waals surface area (Å²) in [5.41, 5.74) is 2.44. The van der Waals surface area contributed by atoms with Crippen molar-refractivity contribution in [1.82, 2.24) is 25.0 Å². The molecule has 1 aromatic carbocycles. The number of nitrogens with zero attached hydrogens (tertiary/aromatic N) is 4. The molecule has 5 rings (SSSR count). The molecule has 2 aromatic heterocycles. The van der Waals surface area contributed by atoms with Crippen molar-refractivity contribution in [2.24, 2.45) is 5.41 Å². The molecule has 202 valence electrons. The number of amides is 1. The number of nitrogens with one attached hydrogen (secondary N) is 1. The maximum atomic E-state index is 15.2. The molecule has 7 nitrogen and oxygen atoms in total. The van der Waals surface area contributed by atoms with Crippen LogP contribution in [0, 0.1) is 11.2 Å². The second-order valence-corrected chi connectivity index (χ2v) is 11.8. The first-order valence-electron chi connectivity index (χ1n) is 13.5. The molecule has 0 saturated carbocycles. The first-order valence-corrected chi connectivity index (χ1v) is 13.5. The molecule has 0 aliphatic carbocycles. The first kappa shape index (κ1) is 26.5. The number of H-pyrrole nitrogens is 1. The number of piperidine rings is 1. The van der Waals surface area contributed by atoms with E-state index in [-0.39, 0.29) is 17.6 Å². The SMILES string of the molecule is CC(=O)N1CCC(c2cc(-c3cncc([C@@](O)(c4ccc(C(C)C)c(F)c4)C4(C)CN(C)C4)c3)n[nH]2)CC1. The van der Waals surface area contributed by atoms with Gasteiger partial charge in [-0.15, -0.1) is 0 Å². The zero-order valence-corrected chi connectivity index (χ0v) is 23.0. The van der Waals surface area contributed by atoms with E-state index in [9.17, 15) is 9.90 Å². The molecule has 0 bridgehead atoms. The van der Waals surface area contributed by atoms with Gasteiger partial charge >= 0.3 is 0 Å². The van der Waals surface area contributed by atoms with E-state index >= 15 is 4.39 Å². The highest BCUT2D eigenvalue weighted by atomic mass is 19.1. The molecule has 2 fully saturated rings. The third-order valence-electron chi connectivity index (χ3n) is 8.58. The van der Waals surface area contributed by atoms with Crippen LogP contribution in [0.25, 0.3) is 11.3 Å². The van der Waals surface area contributed by atoms with Crippen LogP contribution in [-0.2, 0) is 10.4 Å². The fourth-order valence-corrected chi connectivity index (χ4v) is 6.43. The van der Waals surface area contributed by atoms with Gasteiger partial charge < -0.3 is 14.9 Å². The highest BCUT2D eigenvalue weighted by molar-refractivity contribution is 5.73. The largest absolute Gasteiger partial charge is 0.380 e. The van der Waals surface area contributed by atoms with Crippen molar-refractivity contribution in [3.05, 3.63) is 70.9 Å². The van der Waals surface area contributed by atoms with Crippen LogP contribution in [0.2, 0.25) is 0 Å². The van der Waals surface area contributed by atoms with E-state index in [1.54, 1.807) is 25.4 Å². The van der Waals surface area contributed by atoms with Crippen molar-refractivity contribution in [1.29, 1.82) is 0 Å². The summed E-state index contributed by atoms with van der Waals surface area (Å²) in [6.07, 6.45) is 5.22. The molecule has 2 N–H and O–H groups in total. The Morgan fingerprint density at radius 1 is 1.16 bits per heavy atom. The van der Waals surface area contributed by atoms with Gasteiger partial charge in [0.1, 0.15) is 11.4 Å². The minimum absolute atomic E-state index is 0.0520. The van der Waals surface area contributed by atoms with Crippen molar-refractivity contribution in [3.63, 3.8) is 0 Å². The topological polar surface area (TPSA) is 85.3 Å². The smallest absolute Gasteiger partial charge is 0.219 e. The first-order chi connectivity index (χ1) is 18.0. The van der Waals surface area contributed by atoms with E-state index in [2.05, 4.69) is 20.1 Å². The molecule has 1 atom stereocenters. The Bertz CT molecular complexity index is 1320. The lowest BCUT2D eigenvalue weighted by atomic mass is 9.62. The Hall–Kier alpha value is -3.10. The molecular formula is C30H38FN5O2. The Balaban J connectivity index is 1.49. The fraction of sp³-hybridized carbons (Fsp3) is 0.500. The van der Waals surface area contributed by atoms with Gasteiger partial charge in [0.2, 0.25) is 5.91 Å². The van der Waals surface area contributed by atoms with Gasteiger partial charge in [0.25, 0.3) is 0 Å². The summed E-state index contributed by atoms with van der Waals surface area (Å²) in [5.74, 6) is 0.182. The van der Waals surface area contributed by atoms with Crippen molar-refractivity contribution in [2.75, 3.05) is 33.2 Å². The number of likely N-dealkylation sites (tertiary alicyclic amines) is 2. The summed E-state index contributed by atoms with van der Waals surface area (Å²) in [7, 11) is 2.02. The van der Waals surface area contributed by atoms with Gasteiger partial charge in [-0.25, -0.2) is 4.39 Å². The average Bonchev–Trinajstić information content (AvgIpc) is 3.37. The van der Waals surface area contributed by atoms with Crippen LogP contribution in [0.5, 0.6) is 0 Å². The minimum atomic E-state index is -1.43. The number of hydrogen-bond donors (Lipinski definition) is 2. The standard InChI is InChI=1S/C30H38FN5O2/c1-19(2)25-7-6-23(13-26(25)31)30(38,29(4)17-35(5)18-29)24-12-22(15-32-16-24)28-14-27(33-34-28)21-8-10-36(11-9-21)20(3)37/h6-7,12-16,19,21,38H,8-11,17-18H2,1-5H3,(H,33,34)/t30-/m0/s1. The van der Waals surface area contributed by atoms with Crippen molar-refractivity contribution < 1.29 is 14.3 Å². The van der Waals surface area contributed by atoms with Crippen LogP contribution in [0.4, 0.5) is 4.39 Å². The van der Waals surface area contributed by atoms with Crippen molar-refractivity contribution >= 4 is 5.91 Å². The third kappa shape index (κ3) is 4.54. The summed E-state index contributed by atoms with van der Waals surface area (Å²) in [6, 6.07) is 9.12. The summed E-state index contributed by atoms with van der Waals surface area (Å²) in [4.78, 5) is 20.2. The third-order valence-corrected chi connectivity index (χ3v) is 8.58. The van der Waals surface area contributed by atoms with Gasteiger partial charge in [0.15, 0.2) is 0 Å². The Kier molecular flexibility index (Phi) is 6.90. The number of aliphatic hydroxyl groups is 1.